The van der Waals surface area contributed by atoms with Gasteiger partial charge in [0.05, 0.1) is 5.25 Å². The van der Waals surface area contributed by atoms with Crippen molar-refractivity contribution in [2.75, 3.05) is 0 Å². The SMILES string of the molecule is Cc1cccc(CSC(C)C(=O)c2ccc(F)cc2)c1. The van der Waals surface area contributed by atoms with Crippen molar-refractivity contribution in [3.63, 3.8) is 0 Å². The van der Waals surface area contributed by atoms with Gasteiger partial charge in [0.2, 0.25) is 0 Å². The minimum absolute atomic E-state index is 0.0441. The van der Waals surface area contributed by atoms with Gasteiger partial charge in [0.15, 0.2) is 5.78 Å². The minimum atomic E-state index is -0.318. The molecular weight excluding hydrogens is 271 g/mol. The molecular formula is C17H17FOS. The zero-order valence-corrected chi connectivity index (χ0v) is 12.4. The van der Waals surface area contributed by atoms with Gasteiger partial charge in [-0.3, -0.25) is 4.79 Å². The Morgan fingerprint density at radius 3 is 2.55 bits per heavy atom. The highest BCUT2D eigenvalue weighted by atomic mass is 32.2. The number of ketones is 1. The van der Waals surface area contributed by atoms with E-state index in [4.69, 9.17) is 0 Å². The number of carbonyl (C=O) groups is 1. The molecule has 0 heterocycles. The quantitative estimate of drug-likeness (QED) is 0.746. The van der Waals surface area contributed by atoms with Gasteiger partial charge in [0.1, 0.15) is 5.82 Å². The fourth-order valence-corrected chi connectivity index (χ4v) is 2.86. The molecule has 0 amide bonds. The summed E-state index contributed by atoms with van der Waals surface area (Å²) in [6.07, 6.45) is 0. The summed E-state index contributed by atoms with van der Waals surface area (Å²) in [7, 11) is 0. The Balaban J connectivity index is 1.96. The van der Waals surface area contributed by atoms with Gasteiger partial charge in [-0.1, -0.05) is 29.8 Å². The lowest BCUT2D eigenvalue weighted by Gasteiger charge is -2.10. The first-order chi connectivity index (χ1) is 9.56. The maximum absolute atomic E-state index is 12.8. The van der Waals surface area contributed by atoms with E-state index >= 15 is 0 Å². The molecule has 1 atom stereocenters. The van der Waals surface area contributed by atoms with E-state index in [-0.39, 0.29) is 16.9 Å². The van der Waals surface area contributed by atoms with Gasteiger partial charge >= 0.3 is 0 Å². The molecule has 2 aromatic rings. The maximum Gasteiger partial charge on any atom is 0.175 e. The molecule has 0 saturated heterocycles. The smallest absolute Gasteiger partial charge is 0.175 e. The molecule has 0 aliphatic rings. The number of thioether (sulfide) groups is 1. The zero-order chi connectivity index (χ0) is 14.5. The van der Waals surface area contributed by atoms with Crippen molar-refractivity contribution in [1.82, 2.24) is 0 Å². The van der Waals surface area contributed by atoms with Crippen LogP contribution in [0.1, 0.15) is 28.4 Å². The van der Waals surface area contributed by atoms with E-state index in [1.165, 1.54) is 23.3 Å². The Kier molecular flexibility index (Phi) is 4.96. The fourth-order valence-electron chi connectivity index (χ4n) is 1.95. The molecule has 3 heteroatoms. The van der Waals surface area contributed by atoms with Gasteiger partial charge in [-0.05, 0) is 43.7 Å². The number of hydrogen-bond acceptors (Lipinski definition) is 2. The van der Waals surface area contributed by atoms with Crippen molar-refractivity contribution in [2.24, 2.45) is 0 Å². The first-order valence-corrected chi connectivity index (χ1v) is 7.58. The van der Waals surface area contributed by atoms with Gasteiger partial charge in [0.25, 0.3) is 0 Å². The summed E-state index contributed by atoms with van der Waals surface area (Å²) >= 11 is 1.60. The van der Waals surface area contributed by atoms with Gasteiger partial charge in [-0.25, -0.2) is 4.39 Å². The van der Waals surface area contributed by atoms with Crippen molar-refractivity contribution in [2.45, 2.75) is 24.9 Å². The summed E-state index contributed by atoms with van der Waals surface area (Å²) in [6.45, 7) is 3.95. The van der Waals surface area contributed by atoms with Crippen molar-refractivity contribution in [3.05, 3.63) is 71.0 Å². The number of benzene rings is 2. The van der Waals surface area contributed by atoms with Crippen molar-refractivity contribution in [1.29, 1.82) is 0 Å². The molecule has 0 spiro atoms. The highest BCUT2D eigenvalue weighted by Gasteiger charge is 2.15. The maximum atomic E-state index is 12.8. The number of carbonyl (C=O) groups excluding carboxylic acids is 1. The molecule has 2 aromatic carbocycles. The second kappa shape index (κ2) is 6.71. The van der Waals surface area contributed by atoms with Crippen LogP contribution in [0, 0.1) is 12.7 Å². The van der Waals surface area contributed by atoms with Gasteiger partial charge in [0, 0.05) is 11.3 Å². The van der Waals surface area contributed by atoms with Crippen LogP contribution >= 0.6 is 11.8 Å². The van der Waals surface area contributed by atoms with Crippen LogP contribution in [0.25, 0.3) is 0 Å². The average molecular weight is 288 g/mol. The van der Waals surface area contributed by atoms with Crippen LogP contribution in [-0.2, 0) is 5.75 Å². The van der Waals surface area contributed by atoms with E-state index in [0.29, 0.717) is 5.56 Å². The second-order valence-corrected chi connectivity index (χ2v) is 6.14. The van der Waals surface area contributed by atoms with E-state index in [0.717, 1.165) is 5.75 Å². The first-order valence-electron chi connectivity index (χ1n) is 6.53. The predicted molar refractivity (Wildman–Crippen MR) is 82.7 cm³/mol. The van der Waals surface area contributed by atoms with Gasteiger partial charge in [-0.2, -0.15) is 0 Å². The monoisotopic (exact) mass is 288 g/mol. The van der Waals surface area contributed by atoms with E-state index in [1.54, 1.807) is 23.9 Å². The summed E-state index contributed by atoms with van der Waals surface area (Å²) < 4.78 is 12.8. The topological polar surface area (TPSA) is 17.1 Å². The van der Waals surface area contributed by atoms with E-state index in [9.17, 15) is 9.18 Å². The lowest BCUT2D eigenvalue weighted by Crippen LogP contribution is -2.13. The Labute approximate surface area is 123 Å². The highest BCUT2D eigenvalue weighted by molar-refractivity contribution is 7.99. The molecule has 0 aromatic heterocycles. The molecule has 0 bridgehead atoms. The van der Waals surface area contributed by atoms with Crippen LogP contribution in [0.5, 0.6) is 0 Å². The Morgan fingerprint density at radius 2 is 1.90 bits per heavy atom. The van der Waals surface area contributed by atoms with E-state index < -0.39 is 0 Å². The summed E-state index contributed by atoms with van der Waals surface area (Å²) in [6, 6.07) is 14.0. The third kappa shape index (κ3) is 3.94. The number of hydrogen-bond donors (Lipinski definition) is 0. The second-order valence-electron chi connectivity index (χ2n) is 4.81. The highest BCUT2D eigenvalue weighted by Crippen LogP contribution is 2.21. The normalized spacial score (nSPS) is 12.2. The molecule has 0 fully saturated rings. The Bertz CT molecular complexity index is 592. The summed E-state index contributed by atoms with van der Waals surface area (Å²) in [5.41, 5.74) is 3.00. The lowest BCUT2D eigenvalue weighted by molar-refractivity contribution is 0.0994. The average Bonchev–Trinajstić information content (AvgIpc) is 2.45. The first kappa shape index (κ1) is 14.8. The predicted octanol–water partition coefficient (Wildman–Crippen LogP) is 4.64. The van der Waals surface area contributed by atoms with Crippen molar-refractivity contribution >= 4 is 17.5 Å². The molecule has 0 N–H and O–H groups in total. The number of halogens is 1. The molecule has 0 radical (unpaired) electrons. The van der Waals surface area contributed by atoms with E-state index in [2.05, 4.69) is 25.1 Å². The van der Waals surface area contributed by atoms with E-state index in [1.807, 2.05) is 13.0 Å². The van der Waals surface area contributed by atoms with Crippen LogP contribution in [0.4, 0.5) is 4.39 Å². The molecule has 0 aliphatic heterocycles. The standard InChI is InChI=1S/C17H17FOS/c1-12-4-3-5-14(10-12)11-20-13(2)17(19)15-6-8-16(18)9-7-15/h3-10,13H,11H2,1-2H3. The Hall–Kier alpha value is -1.61. The third-order valence-electron chi connectivity index (χ3n) is 3.08. The third-order valence-corrected chi connectivity index (χ3v) is 4.29. The largest absolute Gasteiger partial charge is 0.293 e. The van der Waals surface area contributed by atoms with Crippen LogP contribution in [0.3, 0.4) is 0 Å². The van der Waals surface area contributed by atoms with Crippen molar-refractivity contribution < 1.29 is 9.18 Å². The van der Waals surface area contributed by atoms with Gasteiger partial charge < -0.3 is 0 Å². The molecule has 20 heavy (non-hydrogen) atoms. The summed E-state index contributed by atoms with van der Waals surface area (Å²) in [4.78, 5) is 12.2. The van der Waals surface area contributed by atoms with Crippen LogP contribution < -0.4 is 0 Å². The molecule has 0 saturated carbocycles. The summed E-state index contributed by atoms with van der Waals surface area (Å²) in [5.74, 6) is 0.528. The number of Topliss-reactive ketones (excluding diaryl/α,β-unsaturated/α-hetero) is 1. The lowest BCUT2D eigenvalue weighted by atomic mass is 10.1. The fraction of sp³-hybridized carbons (Fsp3) is 0.235. The minimum Gasteiger partial charge on any atom is -0.293 e. The van der Waals surface area contributed by atoms with Crippen LogP contribution in [-0.4, -0.2) is 11.0 Å². The number of rotatable bonds is 5. The van der Waals surface area contributed by atoms with Crippen LogP contribution in [0.15, 0.2) is 48.5 Å². The van der Waals surface area contributed by atoms with Gasteiger partial charge in [-0.15, -0.1) is 11.8 Å². The molecule has 0 aliphatic carbocycles. The molecule has 1 nitrogen and oxygen atoms in total. The molecule has 104 valence electrons. The number of aryl methyl sites for hydroxylation is 1. The molecule has 1 unspecified atom stereocenters. The Morgan fingerprint density at radius 1 is 1.20 bits per heavy atom. The van der Waals surface area contributed by atoms with Crippen LogP contribution in [0.2, 0.25) is 0 Å². The zero-order valence-electron chi connectivity index (χ0n) is 11.6. The summed E-state index contributed by atoms with van der Waals surface area (Å²) in [5, 5.41) is -0.138. The molecule has 2 rings (SSSR count). The van der Waals surface area contributed by atoms with Crippen molar-refractivity contribution in [3.8, 4) is 0 Å².